The number of pyridine rings is 1. The molecule has 1 aromatic carbocycles. The molecule has 1 unspecified atom stereocenters. The predicted octanol–water partition coefficient (Wildman–Crippen LogP) is 3.57. The van der Waals surface area contributed by atoms with Crippen LogP contribution >= 0.6 is 0 Å². The van der Waals surface area contributed by atoms with Gasteiger partial charge < -0.3 is 14.7 Å². The second kappa shape index (κ2) is 9.64. The Hall–Kier alpha value is -3.04. The maximum Gasteiger partial charge on any atom is 0.433 e. The zero-order chi connectivity index (χ0) is 21.6. The number of alkyl halides is 3. The number of aliphatic hydroxyl groups excluding tert-OH is 1. The van der Waals surface area contributed by atoms with Crippen LogP contribution in [0.4, 0.5) is 19.0 Å². The molecular formula is C21H21F3N4O2. The van der Waals surface area contributed by atoms with Crippen LogP contribution in [0.5, 0.6) is 0 Å². The van der Waals surface area contributed by atoms with E-state index in [1.165, 1.54) is 17.2 Å². The third-order valence-corrected chi connectivity index (χ3v) is 4.19. The van der Waals surface area contributed by atoms with E-state index in [-0.39, 0.29) is 30.5 Å². The zero-order valence-electron chi connectivity index (χ0n) is 16.3. The molecule has 0 aliphatic heterocycles. The maximum absolute atomic E-state index is 13.3. The summed E-state index contributed by atoms with van der Waals surface area (Å²) in [5.41, 5.74) is 0.114. The van der Waals surface area contributed by atoms with Crippen LogP contribution in [0.1, 0.15) is 11.3 Å². The van der Waals surface area contributed by atoms with Gasteiger partial charge in [-0.15, -0.1) is 0 Å². The number of nitrogens with zero attached hydrogens (tertiary/aromatic N) is 4. The number of rotatable bonds is 8. The quantitative estimate of drug-likeness (QED) is 0.603. The molecule has 1 N–H and O–H groups in total. The van der Waals surface area contributed by atoms with E-state index in [4.69, 9.17) is 4.74 Å². The summed E-state index contributed by atoms with van der Waals surface area (Å²) in [5.74, 6) is -0.109. The second-order valence-electron chi connectivity index (χ2n) is 6.68. The fraction of sp³-hybridized carbons (Fsp3) is 0.286. The highest BCUT2D eigenvalue weighted by molar-refractivity contribution is 5.53. The molecular weight excluding hydrogens is 397 g/mol. The summed E-state index contributed by atoms with van der Waals surface area (Å²) in [7, 11) is 1.55. The number of aromatic nitrogens is 3. The lowest BCUT2D eigenvalue weighted by Crippen LogP contribution is -2.33. The highest BCUT2D eigenvalue weighted by Gasteiger charge is 2.34. The van der Waals surface area contributed by atoms with Gasteiger partial charge in [-0.2, -0.15) is 13.2 Å². The standard InChI is InChI=1S/C21H21F3N4O2/c1-28(12-16(29)14-30-13-15-7-3-2-4-8-15)19-11-18(21(22,23)24)26-20(27-19)17-9-5-6-10-25-17/h2-11,16,29H,12-14H2,1H3. The summed E-state index contributed by atoms with van der Waals surface area (Å²) in [6.45, 7) is 0.394. The first kappa shape index (κ1) is 21.7. The van der Waals surface area contributed by atoms with E-state index >= 15 is 0 Å². The number of halogens is 3. The van der Waals surface area contributed by atoms with Gasteiger partial charge in [0.1, 0.15) is 11.5 Å². The molecule has 0 saturated carbocycles. The van der Waals surface area contributed by atoms with Crippen molar-refractivity contribution < 1.29 is 23.0 Å². The zero-order valence-corrected chi connectivity index (χ0v) is 16.3. The number of benzene rings is 1. The number of anilines is 1. The van der Waals surface area contributed by atoms with Gasteiger partial charge in [0, 0.05) is 25.9 Å². The summed E-state index contributed by atoms with van der Waals surface area (Å²) < 4.78 is 45.4. The normalized spacial score (nSPS) is 12.6. The molecule has 3 rings (SSSR count). The molecule has 2 heterocycles. The number of hydrogen-bond acceptors (Lipinski definition) is 6. The van der Waals surface area contributed by atoms with Gasteiger partial charge in [-0.3, -0.25) is 4.98 Å². The van der Waals surface area contributed by atoms with Gasteiger partial charge in [0.2, 0.25) is 0 Å². The SMILES string of the molecule is CN(CC(O)COCc1ccccc1)c1cc(C(F)(F)F)nc(-c2ccccn2)n1. The first-order valence-corrected chi connectivity index (χ1v) is 9.21. The van der Waals surface area contributed by atoms with E-state index in [9.17, 15) is 18.3 Å². The van der Waals surface area contributed by atoms with Crippen LogP contribution in [-0.2, 0) is 17.5 Å². The number of aliphatic hydroxyl groups is 1. The van der Waals surface area contributed by atoms with E-state index in [1.54, 1.807) is 19.2 Å². The molecule has 0 fully saturated rings. The lowest BCUT2D eigenvalue weighted by molar-refractivity contribution is -0.141. The second-order valence-corrected chi connectivity index (χ2v) is 6.68. The highest BCUT2D eigenvalue weighted by atomic mass is 19.4. The molecule has 2 aromatic heterocycles. The average Bonchev–Trinajstić information content (AvgIpc) is 2.74. The van der Waals surface area contributed by atoms with Crippen molar-refractivity contribution in [3.8, 4) is 11.5 Å². The number of ether oxygens (including phenoxy) is 1. The highest BCUT2D eigenvalue weighted by Crippen LogP contribution is 2.31. The van der Waals surface area contributed by atoms with Gasteiger partial charge in [-0.05, 0) is 17.7 Å². The largest absolute Gasteiger partial charge is 0.433 e. The first-order valence-electron chi connectivity index (χ1n) is 9.21. The number of hydrogen-bond donors (Lipinski definition) is 1. The summed E-state index contributed by atoms with van der Waals surface area (Å²) in [5, 5.41) is 10.2. The van der Waals surface area contributed by atoms with Gasteiger partial charge in [0.15, 0.2) is 11.5 Å². The minimum Gasteiger partial charge on any atom is -0.389 e. The Bertz CT molecular complexity index is 940. The van der Waals surface area contributed by atoms with Crippen molar-refractivity contribution in [3.05, 3.63) is 72.1 Å². The molecule has 30 heavy (non-hydrogen) atoms. The summed E-state index contributed by atoms with van der Waals surface area (Å²) in [6.07, 6.45) is -4.10. The molecule has 6 nitrogen and oxygen atoms in total. The lowest BCUT2D eigenvalue weighted by atomic mass is 10.2. The molecule has 1 atom stereocenters. The summed E-state index contributed by atoms with van der Waals surface area (Å²) in [6, 6.07) is 15.1. The smallest absolute Gasteiger partial charge is 0.389 e. The molecule has 0 bridgehead atoms. The van der Waals surface area contributed by atoms with Crippen molar-refractivity contribution in [2.75, 3.05) is 25.1 Å². The Labute approximate surface area is 172 Å². The molecule has 0 amide bonds. The fourth-order valence-corrected chi connectivity index (χ4v) is 2.73. The Morgan fingerprint density at radius 3 is 2.47 bits per heavy atom. The molecule has 0 saturated heterocycles. The van der Waals surface area contributed by atoms with E-state index < -0.39 is 18.0 Å². The van der Waals surface area contributed by atoms with Crippen molar-refractivity contribution in [2.45, 2.75) is 18.9 Å². The van der Waals surface area contributed by atoms with E-state index in [2.05, 4.69) is 15.0 Å². The van der Waals surface area contributed by atoms with E-state index in [0.29, 0.717) is 6.61 Å². The van der Waals surface area contributed by atoms with Crippen molar-refractivity contribution in [1.29, 1.82) is 0 Å². The van der Waals surface area contributed by atoms with Crippen LogP contribution < -0.4 is 4.90 Å². The maximum atomic E-state index is 13.3. The van der Waals surface area contributed by atoms with Crippen LogP contribution in [0.25, 0.3) is 11.5 Å². The van der Waals surface area contributed by atoms with Crippen LogP contribution in [-0.4, -0.2) is 46.4 Å². The van der Waals surface area contributed by atoms with E-state index in [0.717, 1.165) is 11.6 Å². The summed E-state index contributed by atoms with van der Waals surface area (Å²) in [4.78, 5) is 13.3. The molecule has 3 aromatic rings. The minimum absolute atomic E-state index is 0.0279. The molecule has 0 spiro atoms. The number of likely N-dealkylation sites (N-methyl/N-ethyl adjacent to an activating group) is 1. The Morgan fingerprint density at radius 1 is 1.07 bits per heavy atom. The molecule has 0 aliphatic carbocycles. The molecule has 0 aliphatic rings. The van der Waals surface area contributed by atoms with Crippen molar-refractivity contribution in [1.82, 2.24) is 15.0 Å². The Morgan fingerprint density at radius 2 is 1.80 bits per heavy atom. The van der Waals surface area contributed by atoms with Crippen molar-refractivity contribution in [2.24, 2.45) is 0 Å². The topological polar surface area (TPSA) is 71.4 Å². The third kappa shape index (κ3) is 5.98. The van der Waals surface area contributed by atoms with Crippen LogP contribution in [0, 0.1) is 0 Å². The molecule has 9 heteroatoms. The molecule has 0 radical (unpaired) electrons. The van der Waals surface area contributed by atoms with Crippen LogP contribution in [0.2, 0.25) is 0 Å². The predicted molar refractivity (Wildman–Crippen MR) is 106 cm³/mol. The monoisotopic (exact) mass is 418 g/mol. The van der Waals surface area contributed by atoms with Crippen molar-refractivity contribution >= 4 is 5.82 Å². The van der Waals surface area contributed by atoms with Gasteiger partial charge in [-0.1, -0.05) is 36.4 Å². The van der Waals surface area contributed by atoms with Gasteiger partial charge in [0.05, 0.1) is 19.3 Å². The average molecular weight is 418 g/mol. The van der Waals surface area contributed by atoms with Gasteiger partial charge in [0.25, 0.3) is 0 Å². The molecule has 158 valence electrons. The van der Waals surface area contributed by atoms with E-state index in [1.807, 2.05) is 30.3 Å². The Balaban J connectivity index is 1.70. The van der Waals surface area contributed by atoms with Crippen LogP contribution in [0.3, 0.4) is 0 Å². The van der Waals surface area contributed by atoms with Gasteiger partial charge in [-0.25, -0.2) is 9.97 Å². The fourth-order valence-electron chi connectivity index (χ4n) is 2.73. The Kier molecular flexibility index (Phi) is 6.96. The summed E-state index contributed by atoms with van der Waals surface area (Å²) >= 11 is 0. The van der Waals surface area contributed by atoms with Crippen molar-refractivity contribution in [3.63, 3.8) is 0 Å². The lowest BCUT2D eigenvalue weighted by Gasteiger charge is -2.23. The minimum atomic E-state index is -4.64. The van der Waals surface area contributed by atoms with Gasteiger partial charge >= 0.3 is 6.18 Å². The van der Waals surface area contributed by atoms with Crippen LogP contribution in [0.15, 0.2) is 60.8 Å². The first-order chi connectivity index (χ1) is 14.3. The third-order valence-electron chi connectivity index (χ3n) is 4.19.